The largest absolute Gasteiger partial charge is 0.340 e. The van der Waals surface area contributed by atoms with E-state index in [2.05, 4.69) is 26.3 Å². The van der Waals surface area contributed by atoms with Crippen LogP contribution >= 0.6 is 35.0 Å². The van der Waals surface area contributed by atoms with Crippen LogP contribution < -0.4 is 5.32 Å². The molecule has 0 aliphatic heterocycles. The second kappa shape index (κ2) is 8.22. The number of aromatic nitrogens is 3. The lowest BCUT2D eigenvalue weighted by Gasteiger charge is -2.11. The molecule has 0 radical (unpaired) electrons. The molecule has 0 spiro atoms. The Morgan fingerprint density at radius 2 is 1.89 bits per heavy atom. The number of imidazole rings is 1. The molecule has 1 amide bonds. The highest BCUT2D eigenvalue weighted by atomic mass is 35.5. The molecular formula is C20H14Cl2N4OS. The molecule has 0 aliphatic carbocycles. The normalized spacial score (nSPS) is 10.9. The Bertz CT molecular complexity index is 1130. The summed E-state index contributed by atoms with van der Waals surface area (Å²) >= 11 is 13.9. The maximum Gasteiger partial charge on any atom is 0.258 e. The number of anilines is 1. The number of pyridine rings is 1. The zero-order valence-electron chi connectivity index (χ0n) is 14.4. The van der Waals surface area contributed by atoms with E-state index in [9.17, 15) is 4.79 Å². The number of carbonyl (C=O) groups excluding carboxylic acids is 1. The van der Waals surface area contributed by atoms with Gasteiger partial charge in [0.05, 0.1) is 26.8 Å². The molecule has 0 aliphatic rings. The monoisotopic (exact) mass is 428 g/mol. The van der Waals surface area contributed by atoms with E-state index in [-0.39, 0.29) is 11.5 Å². The summed E-state index contributed by atoms with van der Waals surface area (Å²) in [6.07, 6.45) is 5.32. The number of H-pyrrole nitrogens is 1. The number of amides is 1. The van der Waals surface area contributed by atoms with E-state index >= 15 is 0 Å². The highest BCUT2D eigenvalue weighted by Crippen LogP contribution is 2.28. The van der Waals surface area contributed by atoms with Crippen LogP contribution in [0, 0.1) is 0 Å². The average Bonchev–Trinajstić information content (AvgIpc) is 3.20. The van der Waals surface area contributed by atoms with Crippen molar-refractivity contribution >= 4 is 57.5 Å². The number of aromatic amines is 1. The zero-order valence-corrected chi connectivity index (χ0v) is 16.8. The molecule has 8 heteroatoms. The lowest BCUT2D eigenvalue weighted by Crippen LogP contribution is -2.13. The molecule has 0 saturated heterocycles. The molecule has 4 aromatic rings. The topological polar surface area (TPSA) is 70.7 Å². The van der Waals surface area contributed by atoms with Crippen LogP contribution in [-0.4, -0.2) is 20.9 Å². The lowest BCUT2D eigenvalue weighted by atomic mass is 10.1. The fourth-order valence-corrected chi connectivity index (χ4v) is 4.08. The van der Waals surface area contributed by atoms with Crippen LogP contribution in [0.3, 0.4) is 0 Å². The van der Waals surface area contributed by atoms with Gasteiger partial charge in [-0.2, -0.15) is 0 Å². The van der Waals surface area contributed by atoms with Gasteiger partial charge in [0.25, 0.3) is 5.91 Å². The van der Waals surface area contributed by atoms with Crippen LogP contribution in [0.5, 0.6) is 0 Å². The van der Waals surface area contributed by atoms with Gasteiger partial charge in [0.1, 0.15) is 0 Å². The highest BCUT2D eigenvalue weighted by Gasteiger charge is 2.16. The van der Waals surface area contributed by atoms with Gasteiger partial charge in [0, 0.05) is 29.7 Å². The number of nitrogens with zero attached hydrogens (tertiary/aromatic N) is 2. The predicted molar refractivity (Wildman–Crippen MR) is 114 cm³/mol. The molecule has 0 saturated carbocycles. The average molecular weight is 429 g/mol. The van der Waals surface area contributed by atoms with Gasteiger partial charge in [-0.15, -0.1) is 0 Å². The minimum Gasteiger partial charge on any atom is -0.340 e. The summed E-state index contributed by atoms with van der Waals surface area (Å²) in [7, 11) is 0. The maximum atomic E-state index is 12.7. The Morgan fingerprint density at radius 1 is 1.11 bits per heavy atom. The lowest BCUT2D eigenvalue weighted by molar-refractivity contribution is 0.102. The number of halogens is 2. The van der Waals surface area contributed by atoms with Crippen molar-refractivity contribution in [1.29, 1.82) is 0 Å². The molecule has 2 heterocycles. The minimum absolute atomic E-state index is 0.245. The Kier molecular flexibility index (Phi) is 5.52. The van der Waals surface area contributed by atoms with E-state index in [1.165, 1.54) is 0 Å². The Hall–Kier alpha value is -2.54. The molecule has 0 bridgehead atoms. The number of thioether (sulfide) groups is 1. The molecule has 2 aromatic carbocycles. The molecule has 4 rings (SSSR count). The predicted octanol–water partition coefficient (Wildman–Crippen LogP) is 5.81. The fourth-order valence-electron chi connectivity index (χ4n) is 2.77. The number of benzene rings is 2. The van der Waals surface area contributed by atoms with E-state index < -0.39 is 0 Å². The van der Waals surface area contributed by atoms with Gasteiger partial charge in [-0.25, -0.2) is 4.98 Å². The standard InChI is InChI=1S/C20H14Cl2N4OS/c21-14-4-2-5-15(22)17(14)19(27)26-16-6-1-3-13-9-12(10-25-18(13)16)11-28-20-23-7-8-24-20/h1-10H,11H2,(H,23,24)(H,26,27). The van der Waals surface area contributed by atoms with Gasteiger partial charge in [-0.1, -0.05) is 53.2 Å². The minimum atomic E-state index is -0.373. The molecular weight excluding hydrogens is 415 g/mol. The van der Waals surface area contributed by atoms with Crippen LogP contribution in [0.4, 0.5) is 5.69 Å². The van der Waals surface area contributed by atoms with Crippen molar-refractivity contribution in [2.75, 3.05) is 5.32 Å². The summed E-state index contributed by atoms with van der Waals surface area (Å²) in [5.74, 6) is 0.366. The maximum absolute atomic E-state index is 12.7. The van der Waals surface area contributed by atoms with E-state index in [1.54, 1.807) is 54.6 Å². The number of fused-ring (bicyclic) bond motifs is 1. The summed E-state index contributed by atoms with van der Waals surface area (Å²) in [6.45, 7) is 0. The molecule has 0 fully saturated rings. The number of carbonyl (C=O) groups is 1. The second-order valence-corrected chi connectivity index (χ2v) is 7.73. The van der Waals surface area contributed by atoms with Gasteiger partial charge in [-0.3, -0.25) is 9.78 Å². The third kappa shape index (κ3) is 3.99. The SMILES string of the molecule is O=C(Nc1cccc2cc(CSc3ncc[nH]3)cnc12)c1c(Cl)cccc1Cl. The van der Waals surface area contributed by atoms with E-state index in [1.807, 2.05) is 12.1 Å². The van der Waals surface area contributed by atoms with Crippen LogP contribution in [0.2, 0.25) is 10.0 Å². The molecule has 140 valence electrons. The fraction of sp³-hybridized carbons (Fsp3) is 0.0500. The first-order valence-corrected chi connectivity index (χ1v) is 10.1. The number of hydrogen-bond acceptors (Lipinski definition) is 4. The molecule has 2 N–H and O–H groups in total. The Labute approximate surface area is 175 Å². The van der Waals surface area contributed by atoms with Crippen LogP contribution in [0.15, 0.2) is 66.2 Å². The molecule has 28 heavy (non-hydrogen) atoms. The number of rotatable bonds is 5. The van der Waals surface area contributed by atoms with Gasteiger partial charge in [-0.05, 0) is 29.8 Å². The summed E-state index contributed by atoms with van der Waals surface area (Å²) in [5.41, 5.74) is 2.61. The van der Waals surface area contributed by atoms with Crippen molar-refractivity contribution in [2.24, 2.45) is 0 Å². The summed E-state index contributed by atoms with van der Waals surface area (Å²) in [4.78, 5) is 24.5. The summed E-state index contributed by atoms with van der Waals surface area (Å²) in [6, 6.07) is 12.6. The van der Waals surface area contributed by atoms with Crippen molar-refractivity contribution in [1.82, 2.24) is 15.0 Å². The number of para-hydroxylation sites is 1. The summed E-state index contributed by atoms with van der Waals surface area (Å²) in [5, 5.41) is 5.26. The van der Waals surface area contributed by atoms with Crippen molar-refractivity contribution in [3.05, 3.63) is 82.2 Å². The molecule has 2 aromatic heterocycles. The van der Waals surface area contributed by atoms with Gasteiger partial charge >= 0.3 is 0 Å². The first-order valence-electron chi connectivity index (χ1n) is 8.37. The van der Waals surface area contributed by atoms with Crippen molar-refractivity contribution < 1.29 is 4.79 Å². The molecule has 0 unspecified atom stereocenters. The van der Waals surface area contributed by atoms with Gasteiger partial charge in [0.2, 0.25) is 0 Å². The van der Waals surface area contributed by atoms with Crippen LogP contribution in [-0.2, 0) is 5.75 Å². The first kappa shape index (κ1) is 18.8. The third-order valence-corrected chi connectivity index (χ3v) is 5.66. The second-order valence-electron chi connectivity index (χ2n) is 5.95. The van der Waals surface area contributed by atoms with E-state index in [0.29, 0.717) is 21.2 Å². The van der Waals surface area contributed by atoms with Crippen molar-refractivity contribution in [2.45, 2.75) is 10.9 Å². The smallest absolute Gasteiger partial charge is 0.258 e. The van der Waals surface area contributed by atoms with Gasteiger partial charge in [0.15, 0.2) is 5.16 Å². The number of hydrogen-bond donors (Lipinski definition) is 2. The van der Waals surface area contributed by atoms with Crippen LogP contribution in [0.25, 0.3) is 10.9 Å². The Balaban J connectivity index is 1.58. The first-order chi connectivity index (χ1) is 13.6. The van der Waals surface area contributed by atoms with E-state index in [0.717, 1.165) is 21.9 Å². The highest BCUT2D eigenvalue weighted by molar-refractivity contribution is 7.98. The molecule has 0 atom stereocenters. The zero-order chi connectivity index (χ0) is 19.5. The molecule has 5 nitrogen and oxygen atoms in total. The summed E-state index contributed by atoms with van der Waals surface area (Å²) < 4.78 is 0. The third-order valence-electron chi connectivity index (χ3n) is 4.05. The quantitative estimate of drug-likeness (QED) is 0.393. The number of nitrogens with one attached hydrogen (secondary N) is 2. The Morgan fingerprint density at radius 3 is 2.64 bits per heavy atom. The van der Waals surface area contributed by atoms with Crippen LogP contribution in [0.1, 0.15) is 15.9 Å². The van der Waals surface area contributed by atoms with Crippen molar-refractivity contribution in [3.63, 3.8) is 0 Å². The van der Waals surface area contributed by atoms with Gasteiger partial charge < -0.3 is 10.3 Å². The van der Waals surface area contributed by atoms with Crippen molar-refractivity contribution in [3.8, 4) is 0 Å². The van der Waals surface area contributed by atoms with E-state index in [4.69, 9.17) is 23.2 Å².